The van der Waals surface area contributed by atoms with Crippen molar-refractivity contribution in [2.75, 3.05) is 23.7 Å². The van der Waals surface area contributed by atoms with Crippen molar-refractivity contribution < 1.29 is 27.5 Å². The van der Waals surface area contributed by atoms with Gasteiger partial charge in [0.1, 0.15) is 5.60 Å². The van der Waals surface area contributed by atoms with E-state index in [0.717, 1.165) is 46.9 Å². The highest BCUT2D eigenvalue weighted by Gasteiger charge is 2.40. The summed E-state index contributed by atoms with van der Waals surface area (Å²) < 4.78 is 47.7. The fourth-order valence-corrected chi connectivity index (χ4v) is 6.46. The predicted molar refractivity (Wildman–Crippen MR) is 172 cm³/mol. The zero-order valence-electron chi connectivity index (χ0n) is 27.5. The van der Waals surface area contributed by atoms with Crippen LogP contribution >= 0.6 is 0 Å². The molecule has 0 spiro atoms. The van der Waals surface area contributed by atoms with Crippen LogP contribution in [-0.4, -0.2) is 45.6 Å². The van der Waals surface area contributed by atoms with Crippen molar-refractivity contribution in [1.82, 2.24) is 14.9 Å². The molecule has 3 aromatic rings. The highest BCUT2D eigenvalue weighted by molar-refractivity contribution is 6.06. The molecule has 2 aromatic carbocycles. The fourth-order valence-electron chi connectivity index (χ4n) is 6.46. The van der Waals surface area contributed by atoms with E-state index in [2.05, 4.69) is 20.6 Å². The molecule has 1 fully saturated rings. The van der Waals surface area contributed by atoms with Crippen molar-refractivity contribution >= 4 is 29.3 Å². The average molecular weight is 638 g/mol. The Bertz CT molecular complexity index is 1660. The Morgan fingerprint density at radius 2 is 1.85 bits per heavy atom. The molecule has 0 radical (unpaired) electrons. The molecule has 1 aromatic heterocycles. The van der Waals surface area contributed by atoms with E-state index in [1.807, 2.05) is 66.7 Å². The number of fused-ring (bicyclic) bond motifs is 1. The minimum absolute atomic E-state index is 0.0134. The molecule has 0 saturated carbocycles. The van der Waals surface area contributed by atoms with Gasteiger partial charge in [0.2, 0.25) is 11.9 Å². The molecule has 2 aliphatic heterocycles. The van der Waals surface area contributed by atoms with Crippen molar-refractivity contribution in [2.24, 2.45) is 0 Å². The predicted octanol–water partition coefficient (Wildman–Crippen LogP) is 7.99. The van der Waals surface area contributed by atoms with Gasteiger partial charge in [-0.05, 0) is 114 Å². The summed E-state index contributed by atoms with van der Waals surface area (Å²) in [6.07, 6.45) is -2.02. The molecule has 11 heteroatoms. The van der Waals surface area contributed by atoms with Crippen LogP contribution in [0.15, 0.2) is 36.5 Å². The quantitative estimate of drug-likeness (QED) is 0.285. The largest absolute Gasteiger partial charge is 0.444 e. The first-order chi connectivity index (χ1) is 21.5. The zero-order valence-corrected chi connectivity index (χ0v) is 27.5. The summed E-state index contributed by atoms with van der Waals surface area (Å²) in [5, 5.41) is 6.02. The number of anilines is 3. The first kappa shape index (κ1) is 33.2. The summed E-state index contributed by atoms with van der Waals surface area (Å²) in [4.78, 5) is 35.4. The smallest absolute Gasteiger partial charge is 0.419 e. The van der Waals surface area contributed by atoms with Gasteiger partial charge in [0.15, 0.2) is 0 Å². The molecule has 46 heavy (non-hydrogen) atoms. The van der Waals surface area contributed by atoms with Gasteiger partial charge in [-0.25, -0.2) is 14.8 Å². The maximum Gasteiger partial charge on any atom is 0.419 e. The Hall–Kier alpha value is -4.15. The summed E-state index contributed by atoms with van der Waals surface area (Å²) in [6.45, 7) is 14.4. The SMILES string of the molecule is Cc1c(Nc2ncc(C(F)(F)F)c(CCc3cccc4c3C(C)(C)C(=O)N4)n2)ccc(C2CCCN(C(=O)OC(C)(C)C)C2)c1C. The lowest BCUT2D eigenvalue weighted by molar-refractivity contribution is -0.138. The minimum Gasteiger partial charge on any atom is -0.444 e. The van der Waals surface area contributed by atoms with Crippen molar-refractivity contribution in [3.63, 3.8) is 0 Å². The molecule has 8 nitrogen and oxygen atoms in total. The van der Waals surface area contributed by atoms with E-state index in [4.69, 9.17) is 4.74 Å². The van der Waals surface area contributed by atoms with Crippen LogP contribution in [0, 0.1) is 13.8 Å². The van der Waals surface area contributed by atoms with E-state index in [-0.39, 0.29) is 42.4 Å². The third-order valence-electron chi connectivity index (χ3n) is 8.98. The molecule has 2 N–H and O–H groups in total. The van der Waals surface area contributed by atoms with Gasteiger partial charge in [0.25, 0.3) is 0 Å². The summed E-state index contributed by atoms with van der Waals surface area (Å²) >= 11 is 0. The summed E-state index contributed by atoms with van der Waals surface area (Å²) in [6, 6.07) is 9.35. The fraction of sp³-hybridized carbons (Fsp3) is 0.486. The van der Waals surface area contributed by atoms with Crippen LogP contribution in [0.5, 0.6) is 0 Å². The number of nitrogens with zero attached hydrogens (tertiary/aromatic N) is 3. The van der Waals surface area contributed by atoms with Crippen molar-refractivity contribution in [3.05, 3.63) is 75.6 Å². The van der Waals surface area contributed by atoms with Crippen LogP contribution in [0.25, 0.3) is 0 Å². The van der Waals surface area contributed by atoms with Gasteiger partial charge in [-0.3, -0.25) is 4.79 Å². The van der Waals surface area contributed by atoms with Crippen LogP contribution in [0.2, 0.25) is 0 Å². The zero-order chi connectivity index (χ0) is 33.6. The summed E-state index contributed by atoms with van der Waals surface area (Å²) in [5.74, 6) is 0.0697. The third kappa shape index (κ3) is 6.83. The Balaban J connectivity index is 1.36. The normalized spacial score (nSPS) is 17.8. The second-order valence-electron chi connectivity index (χ2n) is 13.8. The molecule has 5 rings (SSSR count). The number of ether oxygens (including phenoxy) is 1. The molecule has 3 heterocycles. The van der Waals surface area contributed by atoms with Gasteiger partial charge in [-0.15, -0.1) is 0 Å². The summed E-state index contributed by atoms with van der Waals surface area (Å²) in [7, 11) is 0. The first-order valence-corrected chi connectivity index (χ1v) is 15.7. The molecule has 2 amide bonds. The van der Waals surface area contributed by atoms with Gasteiger partial charge < -0.3 is 20.3 Å². The molecule has 0 bridgehead atoms. The number of amides is 2. The van der Waals surface area contributed by atoms with Gasteiger partial charge in [-0.2, -0.15) is 13.2 Å². The highest BCUT2D eigenvalue weighted by Crippen LogP contribution is 2.41. The number of nitrogens with one attached hydrogen (secondary N) is 2. The van der Waals surface area contributed by atoms with Crippen LogP contribution in [0.1, 0.15) is 92.5 Å². The Kier molecular flexibility index (Phi) is 8.83. The molecule has 1 unspecified atom stereocenters. The minimum atomic E-state index is -4.62. The van der Waals surface area contributed by atoms with Gasteiger partial charge in [-0.1, -0.05) is 18.2 Å². The van der Waals surface area contributed by atoms with Gasteiger partial charge >= 0.3 is 12.3 Å². The number of likely N-dealkylation sites (tertiary alicyclic amines) is 1. The molecule has 1 atom stereocenters. The van der Waals surface area contributed by atoms with Crippen molar-refractivity contribution in [2.45, 2.75) is 97.3 Å². The summed E-state index contributed by atoms with van der Waals surface area (Å²) in [5.41, 5.74) is 3.72. The lowest BCUT2D eigenvalue weighted by Gasteiger charge is -2.35. The molecule has 246 valence electrons. The first-order valence-electron chi connectivity index (χ1n) is 15.7. The molecular formula is C35H42F3N5O3. The lowest BCUT2D eigenvalue weighted by atomic mass is 9.82. The number of halogens is 3. The Morgan fingerprint density at radius 1 is 1.11 bits per heavy atom. The van der Waals surface area contributed by atoms with E-state index >= 15 is 0 Å². The number of aromatic nitrogens is 2. The number of alkyl halides is 3. The second-order valence-corrected chi connectivity index (χ2v) is 13.8. The highest BCUT2D eigenvalue weighted by atomic mass is 19.4. The van der Waals surface area contributed by atoms with E-state index < -0.39 is 22.8 Å². The maximum atomic E-state index is 14.0. The maximum absolute atomic E-state index is 14.0. The number of carbonyl (C=O) groups excluding carboxylic acids is 2. The van der Waals surface area contributed by atoms with Crippen molar-refractivity contribution in [3.8, 4) is 0 Å². The number of hydrogen-bond donors (Lipinski definition) is 2. The molecular weight excluding hydrogens is 595 g/mol. The second kappa shape index (κ2) is 12.2. The number of piperidine rings is 1. The topological polar surface area (TPSA) is 96.5 Å². The number of hydrogen-bond acceptors (Lipinski definition) is 6. The van der Waals surface area contributed by atoms with E-state index in [0.29, 0.717) is 24.5 Å². The number of rotatable bonds is 6. The van der Waals surface area contributed by atoms with Gasteiger partial charge in [0, 0.05) is 36.6 Å². The van der Waals surface area contributed by atoms with Crippen LogP contribution in [0.4, 0.5) is 35.3 Å². The van der Waals surface area contributed by atoms with E-state index in [1.165, 1.54) is 0 Å². The molecule has 2 aliphatic rings. The van der Waals surface area contributed by atoms with E-state index in [1.54, 1.807) is 17.0 Å². The Morgan fingerprint density at radius 3 is 2.54 bits per heavy atom. The monoisotopic (exact) mass is 637 g/mol. The van der Waals surface area contributed by atoms with Gasteiger partial charge in [0.05, 0.1) is 16.7 Å². The van der Waals surface area contributed by atoms with Crippen LogP contribution < -0.4 is 10.6 Å². The number of aryl methyl sites for hydroxylation is 2. The Labute approximate surface area is 268 Å². The third-order valence-corrected chi connectivity index (χ3v) is 8.98. The average Bonchev–Trinajstić information content (AvgIpc) is 3.21. The van der Waals surface area contributed by atoms with Crippen molar-refractivity contribution in [1.29, 1.82) is 0 Å². The van der Waals surface area contributed by atoms with Crippen LogP contribution in [-0.2, 0) is 34.0 Å². The van der Waals surface area contributed by atoms with E-state index in [9.17, 15) is 22.8 Å². The standard InChI is InChI=1S/C35H42F3N5O3/c1-20-21(2)26(16-14-24(20)23-11-9-17-43(19-23)32(45)46-33(3,4)5)41-31-39-18-25(35(36,37)38)27(42-31)15-13-22-10-8-12-28-29(22)34(6,7)30(44)40-28/h8,10,12,14,16,18,23H,9,11,13,15,17,19H2,1-7H3,(H,40,44)(H,39,41,42). The molecule has 0 aliphatic carbocycles. The number of carbonyl (C=O) groups is 2. The van der Waals surface area contributed by atoms with Crippen LogP contribution in [0.3, 0.4) is 0 Å². The lowest BCUT2D eigenvalue weighted by Crippen LogP contribution is -2.42. The number of benzene rings is 2. The molecule has 1 saturated heterocycles.